The third-order valence-electron chi connectivity index (χ3n) is 7.02. The molecule has 2 amide bonds. The summed E-state index contributed by atoms with van der Waals surface area (Å²) in [6, 6.07) is 6.78. The Morgan fingerprint density at radius 2 is 1.74 bits per heavy atom. The van der Waals surface area contributed by atoms with Gasteiger partial charge in [-0.1, -0.05) is 31.4 Å². The first kappa shape index (κ1) is 33.2. The van der Waals surface area contributed by atoms with Crippen LogP contribution in [0.2, 0.25) is 5.02 Å². The van der Waals surface area contributed by atoms with E-state index in [9.17, 15) is 35.6 Å². The van der Waals surface area contributed by atoms with Gasteiger partial charge >= 0.3 is 12.3 Å². The molecule has 1 aliphatic carbocycles. The molecule has 0 atom stereocenters. The van der Waals surface area contributed by atoms with Crippen molar-refractivity contribution in [2.75, 3.05) is 29.8 Å². The van der Waals surface area contributed by atoms with Gasteiger partial charge in [0, 0.05) is 18.2 Å². The first-order chi connectivity index (χ1) is 19.4. The van der Waals surface area contributed by atoms with Crippen molar-refractivity contribution in [1.82, 2.24) is 5.32 Å². The van der Waals surface area contributed by atoms with Crippen molar-refractivity contribution in [3.63, 3.8) is 0 Å². The molecule has 232 valence electrons. The number of nitrogens with one attached hydrogen (secondary N) is 2. The number of rotatable bonds is 5. The molecule has 0 aromatic heterocycles. The lowest BCUT2D eigenvalue weighted by Gasteiger charge is -2.31. The third kappa shape index (κ3) is 7.38. The van der Waals surface area contributed by atoms with Crippen LogP contribution in [0.15, 0.2) is 41.3 Å². The second-order valence-electron chi connectivity index (χ2n) is 10.6. The van der Waals surface area contributed by atoms with Crippen LogP contribution in [-0.2, 0) is 19.6 Å². The predicted molar refractivity (Wildman–Crippen MR) is 149 cm³/mol. The second kappa shape index (κ2) is 12.5. The van der Waals surface area contributed by atoms with Crippen LogP contribution in [0.25, 0.3) is 0 Å². The van der Waals surface area contributed by atoms with Gasteiger partial charge in [0.2, 0.25) is 11.5 Å². The van der Waals surface area contributed by atoms with E-state index in [-0.39, 0.29) is 51.5 Å². The normalized spacial score (nSPS) is 16.4. The molecular weight excluding hydrogens is 606 g/mol. The molecule has 15 heteroatoms. The number of benzene rings is 2. The van der Waals surface area contributed by atoms with E-state index in [0.29, 0.717) is 13.8 Å². The summed E-state index contributed by atoms with van der Waals surface area (Å²) in [5.74, 6) is -0.424. The van der Waals surface area contributed by atoms with Crippen molar-refractivity contribution in [3.05, 3.63) is 47.2 Å². The van der Waals surface area contributed by atoms with Crippen molar-refractivity contribution < 1.29 is 45.0 Å². The smallest absolute Gasteiger partial charge is 0.427 e. The van der Waals surface area contributed by atoms with Gasteiger partial charge in [-0.2, -0.15) is 13.2 Å². The molecule has 0 radical (unpaired) electrons. The van der Waals surface area contributed by atoms with Gasteiger partial charge < -0.3 is 14.8 Å². The first-order valence-electron chi connectivity index (χ1n) is 12.9. The van der Waals surface area contributed by atoms with E-state index >= 15 is 0 Å². The van der Waals surface area contributed by atoms with Crippen LogP contribution in [0.3, 0.4) is 0 Å². The second-order valence-corrected chi connectivity index (χ2v) is 12.8. The van der Waals surface area contributed by atoms with Crippen molar-refractivity contribution >= 4 is 45.0 Å². The zero-order chi connectivity index (χ0) is 31.5. The number of alkyl halides is 3. The number of halogens is 5. The number of hydrogen-bond donors (Lipinski definition) is 2. The molecule has 42 heavy (non-hydrogen) atoms. The van der Waals surface area contributed by atoms with Crippen molar-refractivity contribution in [2.45, 2.75) is 63.1 Å². The molecular formula is C27H32ClF4N3O6S. The number of carbonyl (C=O) groups is 2. The number of amides is 2. The van der Waals surface area contributed by atoms with Gasteiger partial charge in [0.05, 0.1) is 22.2 Å². The van der Waals surface area contributed by atoms with Gasteiger partial charge in [0.25, 0.3) is 10.0 Å². The fourth-order valence-corrected chi connectivity index (χ4v) is 6.13. The fourth-order valence-electron chi connectivity index (χ4n) is 4.40. The maximum atomic E-state index is 13.5. The Morgan fingerprint density at radius 1 is 1.10 bits per heavy atom. The summed E-state index contributed by atoms with van der Waals surface area (Å²) in [5, 5.41) is 4.46. The molecule has 1 fully saturated rings. The molecule has 9 nitrogen and oxygen atoms in total. The summed E-state index contributed by atoms with van der Waals surface area (Å²) in [4.78, 5) is 22.9. The lowest BCUT2D eigenvalue weighted by atomic mass is 9.88. The summed E-state index contributed by atoms with van der Waals surface area (Å²) in [6.45, 7) is 3.33. The zero-order valence-electron chi connectivity index (χ0n) is 23.4. The van der Waals surface area contributed by atoms with E-state index in [2.05, 4.69) is 22.3 Å². The lowest BCUT2D eigenvalue weighted by molar-refractivity contribution is -0.242. The number of nitrogens with zero attached hydrogens (tertiary/aromatic N) is 1. The standard InChI is InChI=1S/C19H17ClF4N2O5S.C8H15NO/c1-18(2,19(22,23)24)31-17(27)25-11-3-6-16-15(9-11)26(7-8-30-16)32(28,29)12-4-5-14(21)13(20)10-12;1-8(7(10)9-2)5-3-4-6-8/h3-6,9-10H,7-8H2,1-2H3,(H,25,27);3-6H2,1-2H3,(H,9,10). The van der Waals surface area contributed by atoms with Gasteiger partial charge in [-0.05, 0) is 63.1 Å². The molecule has 1 saturated carbocycles. The predicted octanol–water partition coefficient (Wildman–Crippen LogP) is 6.27. The highest BCUT2D eigenvalue weighted by Gasteiger charge is 2.51. The molecule has 1 heterocycles. The Bertz CT molecular complexity index is 1430. The summed E-state index contributed by atoms with van der Waals surface area (Å²) >= 11 is 5.70. The highest BCUT2D eigenvalue weighted by atomic mass is 35.5. The maximum Gasteiger partial charge on any atom is 0.427 e. The molecule has 2 N–H and O–H groups in total. The zero-order valence-corrected chi connectivity index (χ0v) is 25.0. The highest BCUT2D eigenvalue weighted by molar-refractivity contribution is 7.92. The van der Waals surface area contributed by atoms with Crippen LogP contribution in [-0.4, -0.2) is 52.4 Å². The van der Waals surface area contributed by atoms with Gasteiger partial charge in [-0.3, -0.25) is 14.4 Å². The molecule has 1 aliphatic heterocycles. The molecule has 0 saturated heterocycles. The van der Waals surface area contributed by atoms with Crippen molar-refractivity contribution in [2.24, 2.45) is 5.41 Å². The average molecular weight is 638 g/mol. The summed E-state index contributed by atoms with van der Waals surface area (Å²) in [7, 11) is -2.48. The number of anilines is 2. The minimum atomic E-state index is -4.80. The Kier molecular flexibility index (Phi) is 9.92. The van der Waals surface area contributed by atoms with Gasteiger partial charge in [0.15, 0.2) is 0 Å². The Balaban J connectivity index is 0.000000408. The number of ether oxygens (including phenoxy) is 2. The van der Waals surface area contributed by atoms with E-state index in [4.69, 9.17) is 16.3 Å². The molecule has 2 aromatic rings. The van der Waals surface area contributed by atoms with Crippen LogP contribution >= 0.6 is 11.6 Å². The number of hydrogen-bond acceptors (Lipinski definition) is 6. The fraction of sp³-hybridized carbons (Fsp3) is 0.481. The summed E-state index contributed by atoms with van der Waals surface area (Å²) in [6.07, 6.45) is -1.63. The lowest BCUT2D eigenvalue weighted by Crippen LogP contribution is -2.44. The third-order valence-corrected chi connectivity index (χ3v) is 9.12. The Morgan fingerprint density at radius 3 is 2.31 bits per heavy atom. The van der Waals surface area contributed by atoms with Crippen molar-refractivity contribution in [3.8, 4) is 5.75 Å². The summed E-state index contributed by atoms with van der Waals surface area (Å²) < 4.78 is 89.3. The molecule has 2 aromatic carbocycles. The molecule has 0 bridgehead atoms. The Labute approximate surface area is 246 Å². The maximum absolute atomic E-state index is 13.5. The minimum absolute atomic E-state index is 0.00967. The van der Waals surface area contributed by atoms with Crippen LogP contribution in [0.1, 0.15) is 46.5 Å². The average Bonchev–Trinajstić information content (AvgIpc) is 3.36. The van der Waals surface area contributed by atoms with Crippen molar-refractivity contribution in [1.29, 1.82) is 0 Å². The first-order valence-corrected chi connectivity index (χ1v) is 14.8. The number of fused-ring (bicyclic) bond motifs is 1. The van der Waals surface area contributed by atoms with Crippen LogP contribution in [0, 0.1) is 11.2 Å². The van der Waals surface area contributed by atoms with Gasteiger partial charge in [-0.15, -0.1) is 0 Å². The van der Waals surface area contributed by atoms with Gasteiger partial charge in [-0.25, -0.2) is 17.6 Å². The van der Waals surface area contributed by atoms with Crippen LogP contribution in [0.5, 0.6) is 5.75 Å². The molecule has 4 rings (SSSR count). The highest BCUT2D eigenvalue weighted by Crippen LogP contribution is 2.39. The Hall–Kier alpha value is -3.26. The number of sulfonamides is 1. The molecule has 0 unspecified atom stereocenters. The quantitative estimate of drug-likeness (QED) is 0.374. The topological polar surface area (TPSA) is 114 Å². The number of carbonyl (C=O) groups excluding carboxylic acids is 2. The van der Waals surface area contributed by atoms with E-state index < -0.39 is 33.7 Å². The monoisotopic (exact) mass is 637 g/mol. The SMILES string of the molecule is CC(C)(OC(=O)Nc1ccc2c(c1)N(S(=O)(=O)c1ccc(F)c(Cl)c1)CCO2)C(F)(F)F.CNC(=O)C1(C)CCCC1. The van der Waals surface area contributed by atoms with Crippen LogP contribution in [0.4, 0.5) is 33.7 Å². The van der Waals surface area contributed by atoms with E-state index in [1.54, 1.807) is 7.05 Å². The largest absolute Gasteiger partial charge is 0.489 e. The van der Waals surface area contributed by atoms with Gasteiger partial charge in [0.1, 0.15) is 18.2 Å². The van der Waals surface area contributed by atoms with E-state index in [0.717, 1.165) is 35.3 Å². The molecule has 0 spiro atoms. The molecule has 2 aliphatic rings. The summed E-state index contributed by atoms with van der Waals surface area (Å²) in [5.41, 5.74) is -2.81. The van der Waals surface area contributed by atoms with Crippen LogP contribution < -0.4 is 19.7 Å². The van der Waals surface area contributed by atoms with E-state index in [1.165, 1.54) is 31.0 Å². The minimum Gasteiger partial charge on any atom is -0.489 e. The van der Waals surface area contributed by atoms with E-state index in [1.807, 2.05) is 0 Å².